The van der Waals surface area contributed by atoms with E-state index in [0.29, 0.717) is 6.47 Å². The Kier molecular flexibility index (Phi) is 8.76. The molecular formula is C12H25NO2S. The normalized spacial score (nSPS) is 17.2. The molecule has 1 rings (SSSR count). The fourth-order valence-corrected chi connectivity index (χ4v) is 2.38. The van der Waals surface area contributed by atoms with Crippen molar-refractivity contribution < 1.29 is 9.53 Å². The Morgan fingerprint density at radius 3 is 2.25 bits per heavy atom. The maximum absolute atomic E-state index is 9.60. The van der Waals surface area contributed by atoms with Crippen LogP contribution < -0.4 is 5.32 Å². The monoisotopic (exact) mass is 247 g/mol. The highest BCUT2D eigenvalue weighted by molar-refractivity contribution is 7.99. The standard InChI is InChI=1S/C7H15NS.C5H10O2/c1-2-9-7-3-5-8-6-4-7;1-5(2,3)7-4-6/h7-8H,2-6H2,1H3;4H,1-3H3. The van der Waals surface area contributed by atoms with Gasteiger partial charge in [-0.05, 0) is 52.5 Å². The van der Waals surface area contributed by atoms with Crippen LogP contribution in [0.3, 0.4) is 0 Å². The Labute approximate surface area is 104 Å². The lowest BCUT2D eigenvalue weighted by Gasteiger charge is -2.21. The molecule has 1 fully saturated rings. The minimum absolute atomic E-state index is 0.318. The molecule has 96 valence electrons. The second-order valence-electron chi connectivity index (χ2n) is 4.73. The third kappa shape index (κ3) is 10.3. The summed E-state index contributed by atoms with van der Waals surface area (Å²) in [5.74, 6) is 1.28. The van der Waals surface area contributed by atoms with Gasteiger partial charge < -0.3 is 10.1 Å². The number of nitrogens with one attached hydrogen (secondary N) is 1. The average Bonchev–Trinajstić information content (AvgIpc) is 2.19. The molecule has 0 unspecified atom stereocenters. The van der Waals surface area contributed by atoms with Crippen molar-refractivity contribution in [2.75, 3.05) is 18.8 Å². The van der Waals surface area contributed by atoms with Crippen LogP contribution in [0.2, 0.25) is 0 Å². The molecule has 3 nitrogen and oxygen atoms in total. The van der Waals surface area contributed by atoms with E-state index in [0.717, 1.165) is 5.25 Å². The van der Waals surface area contributed by atoms with Gasteiger partial charge in [-0.25, -0.2) is 0 Å². The molecule has 0 atom stereocenters. The van der Waals surface area contributed by atoms with Crippen LogP contribution in [0, 0.1) is 0 Å². The van der Waals surface area contributed by atoms with Gasteiger partial charge in [0.1, 0.15) is 5.60 Å². The fraction of sp³-hybridized carbons (Fsp3) is 0.917. The number of hydrogen-bond acceptors (Lipinski definition) is 4. The molecular weight excluding hydrogens is 222 g/mol. The van der Waals surface area contributed by atoms with E-state index in [4.69, 9.17) is 0 Å². The second-order valence-corrected chi connectivity index (χ2v) is 6.31. The molecule has 4 heteroatoms. The molecule has 0 spiro atoms. The molecule has 1 N–H and O–H groups in total. The van der Waals surface area contributed by atoms with Crippen LogP contribution in [-0.2, 0) is 9.53 Å². The van der Waals surface area contributed by atoms with Gasteiger partial charge in [-0.1, -0.05) is 6.92 Å². The van der Waals surface area contributed by atoms with E-state index in [1.807, 2.05) is 20.8 Å². The fourth-order valence-electron chi connectivity index (χ4n) is 1.34. The lowest BCUT2D eigenvalue weighted by atomic mass is 10.2. The number of piperidine rings is 1. The molecule has 0 aliphatic carbocycles. The van der Waals surface area contributed by atoms with Crippen molar-refractivity contribution in [2.45, 2.75) is 51.4 Å². The van der Waals surface area contributed by atoms with Crippen LogP contribution >= 0.6 is 11.8 Å². The van der Waals surface area contributed by atoms with Crippen LogP contribution in [-0.4, -0.2) is 36.2 Å². The number of rotatable bonds is 3. The van der Waals surface area contributed by atoms with E-state index in [1.54, 1.807) is 0 Å². The largest absolute Gasteiger partial charge is 0.462 e. The van der Waals surface area contributed by atoms with Crippen molar-refractivity contribution in [3.05, 3.63) is 0 Å². The zero-order valence-electron chi connectivity index (χ0n) is 10.9. The Balaban J connectivity index is 0.000000293. The highest BCUT2D eigenvalue weighted by atomic mass is 32.2. The molecule has 16 heavy (non-hydrogen) atoms. The van der Waals surface area contributed by atoms with Crippen molar-refractivity contribution in [3.63, 3.8) is 0 Å². The lowest BCUT2D eigenvalue weighted by Crippen LogP contribution is -2.29. The Morgan fingerprint density at radius 2 is 1.94 bits per heavy atom. The maximum Gasteiger partial charge on any atom is 0.293 e. The summed E-state index contributed by atoms with van der Waals surface area (Å²) >= 11 is 2.11. The first-order valence-electron chi connectivity index (χ1n) is 5.93. The zero-order chi connectivity index (χ0) is 12.4. The molecule has 0 aromatic carbocycles. The Hall–Kier alpha value is -0.220. The molecule has 1 heterocycles. The quantitative estimate of drug-likeness (QED) is 0.778. The van der Waals surface area contributed by atoms with E-state index < -0.39 is 0 Å². The van der Waals surface area contributed by atoms with Crippen molar-refractivity contribution in [3.8, 4) is 0 Å². The molecule has 0 aromatic heterocycles. The molecule has 0 bridgehead atoms. The highest BCUT2D eigenvalue weighted by Crippen LogP contribution is 2.18. The first kappa shape index (κ1) is 15.8. The minimum Gasteiger partial charge on any atom is -0.462 e. The van der Waals surface area contributed by atoms with Gasteiger partial charge in [0.05, 0.1) is 0 Å². The molecule has 0 radical (unpaired) electrons. The summed E-state index contributed by atoms with van der Waals surface area (Å²) in [5, 5.41) is 4.31. The van der Waals surface area contributed by atoms with E-state index in [9.17, 15) is 4.79 Å². The van der Waals surface area contributed by atoms with Crippen LogP contribution in [0.5, 0.6) is 0 Å². The van der Waals surface area contributed by atoms with Gasteiger partial charge in [0.2, 0.25) is 0 Å². The number of hydrogen-bond donors (Lipinski definition) is 1. The summed E-state index contributed by atoms with van der Waals surface area (Å²) in [6.07, 6.45) is 2.75. The maximum atomic E-state index is 9.60. The Morgan fingerprint density at radius 1 is 1.38 bits per heavy atom. The number of carbonyl (C=O) groups excluding carboxylic acids is 1. The first-order valence-corrected chi connectivity index (χ1v) is 6.98. The summed E-state index contributed by atoms with van der Waals surface area (Å²) in [7, 11) is 0. The Bertz CT molecular complexity index is 172. The van der Waals surface area contributed by atoms with Crippen LogP contribution in [0.1, 0.15) is 40.5 Å². The van der Waals surface area contributed by atoms with Gasteiger partial charge in [-0.15, -0.1) is 0 Å². The lowest BCUT2D eigenvalue weighted by molar-refractivity contribution is -0.138. The molecule has 0 saturated carbocycles. The first-order chi connectivity index (χ1) is 7.49. The van der Waals surface area contributed by atoms with E-state index in [1.165, 1.54) is 31.7 Å². The molecule has 1 aliphatic rings. The second kappa shape index (κ2) is 8.88. The molecule has 0 amide bonds. The predicted octanol–water partition coefficient (Wildman–Crippen LogP) is 2.45. The zero-order valence-corrected chi connectivity index (χ0v) is 11.7. The van der Waals surface area contributed by atoms with Crippen LogP contribution in [0.15, 0.2) is 0 Å². The van der Waals surface area contributed by atoms with Gasteiger partial charge in [-0.2, -0.15) is 11.8 Å². The van der Waals surface area contributed by atoms with Gasteiger partial charge in [0.15, 0.2) is 0 Å². The summed E-state index contributed by atoms with van der Waals surface area (Å²) < 4.78 is 4.55. The predicted molar refractivity (Wildman–Crippen MR) is 70.9 cm³/mol. The molecule has 1 aliphatic heterocycles. The third-order valence-electron chi connectivity index (χ3n) is 2.09. The summed E-state index contributed by atoms with van der Waals surface area (Å²) in [5.41, 5.74) is -0.318. The van der Waals surface area contributed by atoms with Crippen molar-refractivity contribution in [2.24, 2.45) is 0 Å². The summed E-state index contributed by atoms with van der Waals surface area (Å²) in [6, 6.07) is 0. The van der Waals surface area contributed by atoms with E-state index >= 15 is 0 Å². The van der Waals surface area contributed by atoms with Gasteiger partial charge in [0, 0.05) is 5.25 Å². The molecule has 1 saturated heterocycles. The van der Waals surface area contributed by atoms with E-state index in [2.05, 4.69) is 28.7 Å². The van der Waals surface area contributed by atoms with Crippen LogP contribution in [0.25, 0.3) is 0 Å². The van der Waals surface area contributed by atoms with E-state index in [-0.39, 0.29) is 5.60 Å². The number of thioether (sulfide) groups is 1. The third-order valence-corrected chi connectivity index (χ3v) is 3.37. The SMILES string of the molecule is CC(C)(C)OC=O.CCSC1CCNCC1. The smallest absolute Gasteiger partial charge is 0.293 e. The van der Waals surface area contributed by atoms with Crippen molar-refractivity contribution in [1.82, 2.24) is 5.32 Å². The minimum atomic E-state index is -0.318. The molecule has 0 aromatic rings. The highest BCUT2D eigenvalue weighted by Gasteiger charge is 2.11. The average molecular weight is 247 g/mol. The summed E-state index contributed by atoms with van der Waals surface area (Å²) in [6.45, 7) is 10.6. The van der Waals surface area contributed by atoms with Gasteiger partial charge in [-0.3, -0.25) is 4.79 Å². The van der Waals surface area contributed by atoms with Crippen LogP contribution in [0.4, 0.5) is 0 Å². The summed E-state index contributed by atoms with van der Waals surface area (Å²) in [4.78, 5) is 9.60. The van der Waals surface area contributed by atoms with Crippen molar-refractivity contribution >= 4 is 18.2 Å². The number of carbonyl (C=O) groups is 1. The van der Waals surface area contributed by atoms with Gasteiger partial charge in [0.25, 0.3) is 6.47 Å². The topological polar surface area (TPSA) is 38.3 Å². The van der Waals surface area contributed by atoms with Gasteiger partial charge >= 0.3 is 0 Å². The number of ether oxygens (including phenoxy) is 1. The van der Waals surface area contributed by atoms with Crippen molar-refractivity contribution in [1.29, 1.82) is 0 Å².